The molecule has 0 spiro atoms. The smallest absolute Gasteiger partial charge is 0.251 e. The van der Waals surface area contributed by atoms with Gasteiger partial charge in [-0.05, 0) is 91.5 Å². The second-order valence-electron chi connectivity index (χ2n) is 11.7. The zero-order chi connectivity index (χ0) is 30.2. The van der Waals surface area contributed by atoms with E-state index in [9.17, 15) is 25.1 Å². The van der Waals surface area contributed by atoms with E-state index < -0.39 is 5.41 Å². The molecule has 3 aliphatic rings. The number of hydrogen-bond donors (Lipinski definition) is 5. The van der Waals surface area contributed by atoms with Crippen molar-refractivity contribution >= 4 is 23.6 Å². The molecule has 0 aromatic heterocycles. The number of rotatable bonds is 8. The molecule has 2 aromatic carbocycles. The largest absolute Gasteiger partial charge is 0.376 e. The van der Waals surface area contributed by atoms with Crippen LogP contribution in [0.3, 0.4) is 0 Å². The van der Waals surface area contributed by atoms with Gasteiger partial charge in [-0.3, -0.25) is 19.8 Å². The predicted octanol–water partition coefficient (Wildman–Crippen LogP) is 1.87. The molecular formula is C32H39N7O3. The number of nitriles is 1. The van der Waals surface area contributed by atoms with E-state index in [1.807, 2.05) is 31.2 Å². The van der Waals surface area contributed by atoms with Crippen molar-refractivity contribution < 1.29 is 14.4 Å². The molecule has 220 valence electrons. The molecule has 10 heteroatoms. The first kappa shape index (κ1) is 29.3. The zero-order valence-corrected chi connectivity index (χ0v) is 24.6. The quantitative estimate of drug-likeness (QED) is 0.242. The fourth-order valence-corrected chi connectivity index (χ4v) is 7.04. The maximum Gasteiger partial charge on any atom is 0.251 e. The summed E-state index contributed by atoms with van der Waals surface area (Å²) in [7, 11) is 4.93. The van der Waals surface area contributed by atoms with Crippen molar-refractivity contribution in [2.45, 2.75) is 62.6 Å². The second kappa shape index (κ2) is 11.6. The summed E-state index contributed by atoms with van der Waals surface area (Å²) in [4.78, 5) is 40.0. The Morgan fingerprint density at radius 2 is 1.55 bits per heavy atom. The van der Waals surface area contributed by atoms with E-state index in [1.165, 1.54) is 0 Å². The van der Waals surface area contributed by atoms with Gasteiger partial charge in [0.2, 0.25) is 5.91 Å². The van der Waals surface area contributed by atoms with Crippen LogP contribution in [-0.2, 0) is 23.1 Å². The Labute approximate surface area is 246 Å². The van der Waals surface area contributed by atoms with Gasteiger partial charge in [-0.25, -0.2) is 0 Å². The van der Waals surface area contributed by atoms with E-state index >= 15 is 0 Å². The molecule has 10 nitrogen and oxygen atoms in total. The first-order valence-corrected chi connectivity index (χ1v) is 14.6. The number of carbonyl (C=O) groups is 3. The van der Waals surface area contributed by atoms with Crippen molar-refractivity contribution in [1.29, 1.82) is 10.7 Å². The van der Waals surface area contributed by atoms with Crippen LogP contribution >= 0.6 is 0 Å². The van der Waals surface area contributed by atoms with Gasteiger partial charge < -0.3 is 26.2 Å². The molecule has 1 heterocycles. The number of nitrogens with one attached hydrogen (secondary N) is 5. The van der Waals surface area contributed by atoms with Crippen molar-refractivity contribution in [1.82, 2.24) is 26.2 Å². The van der Waals surface area contributed by atoms with Crippen molar-refractivity contribution in [3.8, 4) is 6.07 Å². The summed E-state index contributed by atoms with van der Waals surface area (Å²) in [6.45, 7) is 2.11. The van der Waals surface area contributed by atoms with E-state index in [0.29, 0.717) is 36.3 Å². The van der Waals surface area contributed by atoms with Crippen LogP contribution in [0.15, 0.2) is 36.4 Å². The molecular weight excluding hydrogens is 530 g/mol. The maximum absolute atomic E-state index is 13.2. The number of amides is 3. The van der Waals surface area contributed by atoms with E-state index in [0.717, 1.165) is 35.1 Å². The number of amidine groups is 1. The van der Waals surface area contributed by atoms with Gasteiger partial charge in [-0.1, -0.05) is 12.1 Å². The molecule has 1 saturated heterocycles. The van der Waals surface area contributed by atoms with Gasteiger partial charge in [-0.2, -0.15) is 5.26 Å². The van der Waals surface area contributed by atoms with Gasteiger partial charge in [0.15, 0.2) is 0 Å². The van der Waals surface area contributed by atoms with Gasteiger partial charge >= 0.3 is 0 Å². The molecule has 1 aliphatic heterocycles. The number of likely N-dealkylation sites (tertiary alicyclic amines) is 1. The highest BCUT2D eigenvalue weighted by Gasteiger charge is 2.54. The highest BCUT2D eigenvalue weighted by molar-refractivity contribution is 5.98. The standard InChI is InChI=1S/C32H39N7O3/c1-18(38-17-28(40)39-24(16-33)13-23-14-27(23)39)15-32(31(34)37-4)25-9-7-21(29(41)35-2)11-19(25)5-6-20-12-22(30(42)36-3)8-10-26(20)32/h7-12,18,23-24,27,38H,5-6,13-15,17H2,1-4H3,(H2,34,37)(H,35,41)(H,36,42)/t18-,23+,24?,27-/m0/s1. The molecule has 42 heavy (non-hydrogen) atoms. The number of nitrogens with zero attached hydrogens (tertiary/aromatic N) is 2. The molecule has 2 fully saturated rings. The highest BCUT2D eigenvalue weighted by atomic mass is 16.2. The summed E-state index contributed by atoms with van der Waals surface area (Å²) >= 11 is 0. The van der Waals surface area contributed by atoms with E-state index in [-0.39, 0.29) is 48.2 Å². The van der Waals surface area contributed by atoms with Crippen LogP contribution in [0.1, 0.15) is 69.2 Å². The van der Waals surface area contributed by atoms with Crippen molar-refractivity contribution in [2.24, 2.45) is 5.92 Å². The number of likely N-dealkylation sites (N-methyl/N-ethyl adjacent to an activating group) is 1. The molecule has 5 N–H and O–H groups in total. The Morgan fingerprint density at radius 3 is 2.05 bits per heavy atom. The second-order valence-corrected chi connectivity index (χ2v) is 11.7. The van der Waals surface area contributed by atoms with Crippen molar-refractivity contribution in [3.05, 3.63) is 69.8 Å². The predicted molar refractivity (Wildman–Crippen MR) is 159 cm³/mol. The minimum Gasteiger partial charge on any atom is -0.376 e. The molecule has 2 aliphatic carbocycles. The van der Waals surface area contributed by atoms with Gasteiger partial charge in [0.25, 0.3) is 11.8 Å². The average molecular weight is 570 g/mol. The summed E-state index contributed by atoms with van der Waals surface area (Å²) in [5.41, 5.74) is 3.93. The Kier molecular flexibility index (Phi) is 8.06. The highest BCUT2D eigenvalue weighted by Crippen LogP contribution is 2.48. The summed E-state index contributed by atoms with van der Waals surface area (Å²) in [6, 6.07) is 13.2. The van der Waals surface area contributed by atoms with Crippen LogP contribution in [0, 0.1) is 22.7 Å². The third-order valence-electron chi connectivity index (χ3n) is 9.20. The monoisotopic (exact) mass is 569 g/mol. The number of piperidine rings is 1. The number of carbonyl (C=O) groups excluding carboxylic acids is 3. The van der Waals surface area contributed by atoms with E-state index in [2.05, 4.69) is 27.3 Å². The van der Waals surface area contributed by atoms with Crippen LogP contribution in [-0.4, -0.2) is 74.3 Å². The Bertz CT molecular complexity index is 1410. The summed E-state index contributed by atoms with van der Waals surface area (Å²) in [5.74, 6) is 0.314. The van der Waals surface area contributed by atoms with Gasteiger partial charge in [0.05, 0.1) is 18.0 Å². The molecule has 3 amide bonds. The van der Waals surface area contributed by atoms with Crippen LogP contribution in [0.2, 0.25) is 0 Å². The fraction of sp³-hybridized carbons (Fsp3) is 0.469. The van der Waals surface area contributed by atoms with Crippen LogP contribution in [0.5, 0.6) is 0 Å². The maximum atomic E-state index is 13.2. The number of aryl methyl sites for hydroxylation is 2. The molecule has 4 atom stereocenters. The first-order valence-electron chi connectivity index (χ1n) is 14.6. The lowest BCUT2D eigenvalue weighted by Gasteiger charge is -2.39. The van der Waals surface area contributed by atoms with Crippen molar-refractivity contribution in [3.63, 3.8) is 0 Å². The summed E-state index contributed by atoms with van der Waals surface area (Å²) in [6.07, 6.45) is 3.46. The lowest BCUT2D eigenvalue weighted by molar-refractivity contribution is -0.131. The average Bonchev–Trinajstić information content (AvgIpc) is 3.71. The lowest BCUT2D eigenvalue weighted by Crippen LogP contribution is -2.50. The third kappa shape index (κ3) is 5.02. The zero-order valence-electron chi connectivity index (χ0n) is 24.6. The normalized spacial score (nSPS) is 21.9. The molecule has 1 saturated carbocycles. The van der Waals surface area contributed by atoms with Gasteiger partial charge in [0.1, 0.15) is 11.9 Å². The summed E-state index contributed by atoms with van der Waals surface area (Å²) < 4.78 is 0. The number of hydrogen-bond acceptors (Lipinski definition) is 6. The van der Waals surface area contributed by atoms with E-state index in [4.69, 9.17) is 0 Å². The van der Waals surface area contributed by atoms with Crippen LogP contribution in [0.4, 0.5) is 0 Å². The number of benzene rings is 2. The van der Waals surface area contributed by atoms with Crippen molar-refractivity contribution in [2.75, 3.05) is 27.7 Å². The van der Waals surface area contributed by atoms with Gasteiger partial charge in [-0.15, -0.1) is 0 Å². The van der Waals surface area contributed by atoms with E-state index in [1.54, 1.807) is 38.2 Å². The Balaban J connectivity index is 1.53. The summed E-state index contributed by atoms with van der Waals surface area (Å²) in [5, 5.41) is 30.8. The molecule has 1 unspecified atom stereocenters. The molecule has 0 radical (unpaired) electrons. The SMILES string of the molecule is CNC(=N)C1(C[C@H](C)NCC(=O)N2C(C#N)C[C@@H]3C[C@@H]32)c2ccc(C(=O)NC)cc2CCc2cc(C(=O)NC)ccc21. The number of fused-ring (bicyclic) bond motifs is 3. The topological polar surface area (TPSA) is 150 Å². The first-order chi connectivity index (χ1) is 20.2. The minimum absolute atomic E-state index is 0.0664. The molecule has 5 rings (SSSR count). The fourth-order valence-electron chi connectivity index (χ4n) is 7.04. The van der Waals surface area contributed by atoms with Gasteiger partial charge in [0, 0.05) is 44.4 Å². The Hall–Kier alpha value is -4.23. The van der Waals surface area contributed by atoms with Crippen LogP contribution < -0.4 is 21.3 Å². The Morgan fingerprint density at radius 1 is 0.976 bits per heavy atom. The lowest BCUT2D eigenvalue weighted by atomic mass is 9.67. The minimum atomic E-state index is -0.932. The third-order valence-corrected chi connectivity index (χ3v) is 9.20. The molecule has 0 bridgehead atoms. The van der Waals surface area contributed by atoms with Crippen LogP contribution in [0.25, 0.3) is 0 Å². The molecule has 2 aromatic rings.